The molecule has 1 saturated carbocycles. The first-order valence-corrected chi connectivity index (χ1v) is 11.4. The molecule has 1 nitrogen and oxygen atoms in total. The molecule has 0 amide bonds. The number of rotatable bonds is 2. The van der Waals surface area contributed by atoms with E-state index in [2.05, 4.69) is 67.6 Å². The van der Waals surface area contributed by atoms with Crippen LogP contribution in [-0.2, 0) is 0 Å². The van der Waals surface area contributed by atoms with E-state index in [1.54, 1.807) is 0 Å². The Morgan fingerprint density at radius 3 is 2.62 bits per heavy atom. The lowest BCUT2D eigenvalue weighted by Gasteiger charge is -2.13. The van der Waals surface area contributed by atoms with Gasteiger partial charge in [0.25, 0.3) is 0 Å². The summed E-state index contributed by atoms with van der Waals surface area (Å²) in [6.45, 7) is 2.19. The first-order valence-electron chi connectivity index (χ1n) is 10.6. The molecule has 1 aliphatic carbocycles. The van der Waals surface area contributed by atoms with Crippen LogP contribution in [0.25, 0.3) is 42.2 Å². The zero-order valence-electron chi connectivity index (χ0n) is 16.6. The van der Waals surface area contributed by atoms with Crippen molar-refractivity contribution in [2.45, 2.75) is 38.5 Å². The number of aromatic nitrogens is 1. The summed E-state index contributed by atoms with van der Waals surface area (Å²) in [5.74, 6) is 0.740. The van der Waals surface area contributed by atoms with Crippen LogP contribution >= 0.6 is 11.3 Å². The van der Waals surface area contributed by atoms with Crippen molar-refractivity contribution in [1.82, 2.24) is 4.98 Å². The molecule has 0 unspecified atom stereocenters. The number of nitrogens with zero attached hydrogens (tertiary/aromatic N) is 1. The fourth-order valence-electron chi connectivity index (χ4n) is 5.07. The second-order valence-electron chi connectivity index (χ2n) is 8.41. The summed E-state index contributed by atoms with van der Waals surface area (Å²) < 4.78 is 2.69. The maximum atomic E-state index is 4.87. The molecule has 0 spiro atoms. The van der Waals surface area contributed by atoms with E-state index in [4.69, 9.17) is 4.98 Å². The number of hydrogen-bond donors (Lipinski definition) is 0. The molecule has 3 aromatic carbocycles. The third kappa shape index (κ3) is 2.78. The normalized spacial score (nSPS) is 15.1. The number of fused-ring (bicyclic) bond motifs is 4. The van der Waals surface area contributed by atoms with Crippen LogP contribution in [0.2, 0.25) is 0 Å². The standard InChI is InChI=1S/C27H23NS/c1-17-14-23-22-8-4-5-9-25(22)29-27(23)24(15-17)26-21-11-10-19(18-6-2-3-7-18)16-20(21)12-13-28-26/h4-5,8-16,18H,2-3,6-7H2,1H3. The Kier molecular flexibility index (Phi) is 3.95. The van der Waals surface area contributed by atoms with Crippen molar-refractivity contribution in [3.8, 4) is 11.3 Å². The van der Waals surface area contributed by atoms with Gasteiger partial charge in [-0.05, 0) is 66.5 Å². The molecule has 0 saturated heterocycles. The van der Waals surface area contributed by atoms with Gasteiger partial charge in [-0.2, -0.15) is 0 Å². The molecular formula is C27H23NS. The van der Waals surface area contributed by atoms with Crippen LogP contribution in [0, 0.1) is 6.92 Å². The van der Waals surface area contributed by atoms with E-state index in [-0.39, 0.29) is 0 Å². The lowest BCUT2D eigenvalue weighted by molar-refractivity contribution is 0.724. The average Bonchev–Trinajstić information content (AvgIpc) is 3.41. The van der Waals surface area contributed by atoms with Crippen molar-refractivity contribution in [2.24, 2.45) is 0 Å². The SMILES string of the molecule is Cc1cc(-c2nccc3cc(C4CCCC4)ccc23)c2sc3ccccc3c2c1. The van der Waals surface area contributed by atoms with Crippen LogP contribution in [0.5, 0.6) is 0 Å². The van der Waals surface area contributed by atoms with Crippen LogP contribution in [-0.4, -0.2) is 4.98 Å². The van der Waals surface area contributed by atoms with Gasteiger partial charge in [-0.1, -0.05) is 49.2 Å². The van der Waals surface area contributed by atoms with Crippen LogP contribution in [0.1, 0.15) is 42.7 Å². The van der Waals surface area contributed by atoms with E-state index in [1.165, 1.54) is 73.3 Å². The zero-order chi connectivity index (χ0) is 19.4. The summed E-state index contributed by atoms with van der Waals surface area (Å²) in [5.41, 5.74) is 5.17. The van der Waals surface area contributed by atoms with E-state index < -0.39 is 0 Å². The minimum absolute atomic E-state index is 0.740. The molecule has 29 heavy (non-hydrogen) atoms. The highest BCUT2D eigenvalue weighted by Gasteiger charge is 2.19. The van der Waals surface area contributed by atoms with Gasteiger partial charge in [0, 0.05) is 37.3 Å². The highest BCUT2D eigenvalue weighted by molar-refractivity contribution is 7.26. The van der Waals surface area contributed by atoms with Crippen LogP contribution < -0.4 is 0 Å². The highest BCUT2D eigenvalue weighted by atomic mass is 32.1. The van der Waals surface area contributed by atoms with Crippen molar-refractivity contribution in [2.75, 3.05) is 0 Å². The van der Waals surface area contributed by atoms with Gasteiger partial charge in [-0.3, -0.25) is 4.98 Å². The highest BCUT2D eigenvalue weighted by Crippen LogP contribution is 2.42. The minimum atomic E-state index is 0.740. The molecule has 0 N–H and O–H groups in total. The summed E-state index contributed by atoms with van der Waals surface area (Å²) in [5, 5.41) is 5.27. The van der Waals surface area contributed by atoms with Gasteiger partial charge in [-0.25, -0.2) is 0 Å². The Morgan fingerprint density at radius 1 is 0.862 bits per heavy atom. The smallest absolute Gasteiger partial charge is 0.0794 e. The van der Waals surface area contributed by atoms with E-state index in [1.807, 2.05) is 17.5 Å². The molecule has 2 heterocycles. The van der Waals surface area contributed by atoms with Gasteiger partial charge in [-0.15, -0.1) is 11.3 Å². The quantitative estimate of drug-likeness (QED) is 0.294. The van der Waals surface area contributed by atoms with Crippen molar-refractivity contribution < 1.29 is 0 Å². The molecule has 142 valence electrons. The topological polar surface area (TPSA) is 12.9 Å². The Hall–Kier alpha value is -2.71. The van der Waals surface area contributed by atoms with Gasteiger partial charge >= 0.3 is 0 Å². The fourth-order valence-corrected chi connectivity index (χ4v) is 6.27. The van der Waals surface area contributed by atoms with E-state index in [9.17, 15) is 0 Å². The van der Waals surface area contributed by atoms with Gasteiger partial charge in [0.05, 0.1) is 5.69 Å². The van der Waals surface area contributed by atoms with Crippen LogP contribution in [0.15, 0.2) is 66.9 Å². The zero-order valence-corrected chi connectivity index (χ0v) is 17.4. The Balaban J connectivity index is 1.60. The van der Waals surface area contributed by atoms with Crippen molar-refractivity contribution in [1.29, 1.82) is 0 Å². The summed E-state index contributed by atoms with van der Waals surface area (Å²) in [6.07, 6.45) is 7.40. The van der Waals surface area contributed by atoms with Crippen molar-refractivity contribution >= 4 is 42.3 Å². The maximum absolute atomic E-state index is 4.87. The van der Waals surface area contributed by atoms with Gasteiger partial charge < -0.3 is 0 Å². The summed E-state index contributed by atoms with van der Waals surface area (Å²) in [4.78, 5) is 4.87. The molecule has 0 aliphatic heterocycles. The van der Waals surface area contributed by atoms with Crippen molar-refractivity contribution in [3.63, 3.8) is 0 Å². The van der Waals surface area contributed by atoms with Gasteiger partial charge in [0.1, 0.15) is 0 Å². The lowest BCUT2D eigenvalue weighted by atomic mass is 9.93. The molecule has 0 bridgehead atoms. The third-order valence-electron chi connectivity index (χ3n) is 6.49. The Bertz CT molecular complexity index is 1370. The maximum Gasteiger partial charge on any atom is 0.0794 e. The Morgan fingerprint density at radius 2 is 1.72 bits per heavy atom. The molecule has 5 aromatic rings. The lowest BCUT2D eigenvalue weighted by Crippen LogP contribution is -1.93. The molecule has 1 aliphatic rings. The predicted octanol–water partition coefficient (Wildman–Crippen LogP) is 8.24. The number of thiophene rings is 1. The summed E-state index contributed by atoms with van der Waals surface area (Å²) in [7, 11) is 0. The third-order valence-corrected chi connectivity index (χ3v) is 7.71. The van der Waals surface area contributed by atoms with Gasteiger partial charge in [0.2, 0.25) is 0 Å². The largest absolute Gasteiger partial charge is 0.256 e. The number of hydrogen-bond acceptors (Lipinski definition) is 2. The monoisotopic (exact) mass is 393 g/mol. The Labute approximate surface area is 175 Å². The van der Waals surface area contributed by atoms with Gasteiger partial charge in [0.15, 0.2) is 0 Å². The van der Waals surface area contributed by atoms with E-state index in [0.717, 1.165) is 11.6 Å². The van der Waals surface area contributed by atoms with E-state index in [0.29, 0.717) is 0 Å². The minimum Gasteiger partial charge on any atom is -0.256 e. The first kappa shape index (κ1) is 17.2. The molecular weight excluding hydrogens is 370 g/mol. The second kappa shape index (κ2) is 6.67. The van der Waals surface area contributed by atoms with E-state index >= 15 is 0 Å². The predicted molar refractivity (Wildman–Crippen MR) is 126 cm³/mol. The number of pyridine rings is 1. The van der Waals surface area contributed by atoms with Crippen LogP contribution in [0.3, 0.4) is 0 Å². The number of benzene rings is 3. The molecule has 0 radical (unpaired) electrons. The molecule has 1 fully saturated rings. The second-order valence-corrected chi connectivity index (χ2v) is 9.46. The molecule has 2 aromatic heterocycles. The fraction of sp³-hybridized carbons (Fsp3) is 0.222. The van der Waals surface area contributed by atoms with Crippen molar-refractivity contribution in [3.05, 3.63) is 78.0 Å². The van der Waals surface area contributed by atoms with Crippen LogP contribution in [0.4, 0.5) is 0 Å². The molecule has 6 rings (SSSR count). The summed E-state index contributed by atoms with van der Waals surface area (Å²) in [6, 6.07) is 22.6. The number of aryl methyl sites for hydroxylation is 1. The summed E-state index contributed by atoms with van der Waals surface area (Å²) >= 11 is 1.88. The molecule has 2 heteroatoms. The molecule has 0 atom stereocenters. The first-order chi connectivity index (χ1) is 14.3. The average molecular weight is 394 g/mol.